The molecule has 0 spiro atoms. The van der Waals surface area contributed by atoms with Crippen LogP contribution in [0.15, 0.2) is 45.7 Å². The normalized spacial score (nSPS) is 12.2. The van der Waals surface area contributed by atoms with Gasteiger partial charge >= 0.3 is 12.1 Å². The lowest BCUT2D eigenvalue weighted by Gasteiger charge is -2.16. The van der Waals surface area contributed by atoms with Crippen molar-refractivity contribution in [3.05, 3.63) is 53.7 Å². The van der Waals surface area contributed by atoms with E-state index in [0.717, 1.165) is 12.1 Å². The van der Waals surface area contributed by atoms with Crippen LogP contribution < -0.4 is 10.9 Å². The molecule has 0 saturated heterocycles. The molecule has 2 aromatic carbocycles. The number of nitrogens with zero attached hydrogens (tertiary/aromatic N) is 2. The second-order valence-corrected chi connectivity index (χ2v) is 7.55. The summed E-state index contributed by atoms with van der Waals surface area (Å²) in [6.45, 7) is 0. The molecule has 0 atom stereocenters. The van der Waals surface area contributed by atoms with Gasteiger partial charge in [0.25, 0.3) is 0 Å². The first-order chi connectivity index (χ1) is 13.9. The van der Waals surface area contributed by atoms with Crippen LogP contribution in [0.2, 0.25) is 0 Å². The molecule has 0 radical (unpaired) electrons. The molecule has 3 aromatic rings. The Morgan fingerprint density at radius 1 is 1.07 bits per heavy atom. The number of benzene rings is 2. The first-order valence-electron chi connectivity index (χ1n) is 8.02. The molecule has 4 N–H and O–H groups in total. The summed E-state index contributed by atoms with van der Waals surface area (Å²) in [5.74, 6) is -4.26. The van der Waals surface area contributed by atoms with Gasteiger partial charge in [-0.05, 0) is 17.7 Å². The fourth-order valence-corrected chi connectivity index (χ4v) is 3.82. The average Bonchev–Trinajstić information content (AvgIpc) is 3.11. The van der Waals surface area contributed by atoms with E-state index in [1.165, 1.54) is 24.3 Å². The van der Waals surface area contributed by atoms with Gasteiger partial charge in [0.05, 0.1) is 12.0 Å². The number of carbonyl (C=O) groups is 1. The highest BCUT2D eigenvalue weighted by molar-refractivity contribution is 7.89. The summed E-state index contributed by atoms with van der Waals surface area (Å²) in [5, 5.41) is 11.4. The van der Waals surface area contributed by atoms with Crippen molar-refractivity contribution in [2.45, 2.75) is 17.5 Å². The summed E-state index contributed by atoms with van der Waals surface area (Å²) >= 11 is 0. The molecule has 0 aliphatic carbocycles. The number of amides is 1. The van der Waals surface area contributed by atoms with Gasteiger partial charge in [0.15, 0.2) is 0 Å². The number of nitrogens with two attached hydrogens (primary N) is 2. The van der Waals surface area contributed by atoms with Crippen LogP contribution in [-0.2, 0) is 27.4 Å². The fourth-order valence-electron chi connectivity index (χ4n) is 2.83. The smallest absolute Gasteiger partial charge is 0.413 e. The number of hydrogen-bond acceptors (Lipinski definition) is 6. The summed E-state index contributed by atoms with van der Waals surface area (Å²) in [6.07, 6.45) is -5.47. The minimum Gasteiger partial charge on any atom is -0.413 e. The Labute approximate surface area is 166 Å². The van der Waals surface area contributed by atoms with Crippen LogP contribution in [0.25, 0.3) is 22.6 Å². The lowest BCUT2D eigenvalue weighted by atomic mass is 9.94. The number of rotatable bonds is 5. The zero-order chi connectivity index (χ0) is 22.3. The predicted molar refractivity (Wildman–Crippen MR) is 94.4 cm³/mol. The van der Waals surface area contributed by atoms with Crippen molar-refractivity contribution < 1.29 is 35.2 Å². The summed E-state index contributed by atoms with van der Waals surface area (Å²) in [4.78, 5) is 10.7. The monoisotopic (exact) mass is 444 g/mol. The quantitative estimate of drug-likeness (QED) is 0.578. The SMILES string of the molecule is NC(=O)Cc1ccc(-c2nnc(C(F)(F)F)o2)c(S(N)(=O)=O)c1-c1ccccc1F. The summed E-state index contributed by atoms with van der Waals surface area (Å²) in [7, 11) is -4.69. The van der Waals surface area contributed by atoms with Crippen molar-refractivity contribution in [1.29, 1.82) is 0 Å². The molecule has 0 fully saturated rings. The number of primary sulfonamides is 1. The average molecular weight is 444 g/mol. The third-order valence-corrected chi connectivity index (χ3v) is 4.93. The molecule has 1 aromatic heterocycles. The molecular formula is C17H12F4N4O4S. The van der Waals surface area contributed by atoms with Gasteiger partial charge in [-0.2, -0.15) is 13.2 Å². The van der Waals surface area contributed by atoms with Gasteiger partial charge in [0, 0.05) is 11.1 Å². The number of alkyl halides is 3. The zero-order valence-electron chi connectivity index (χ0n) is 14.8. The highest BCUT2D eigenvalue weighted by Crippen LogP contribution is 2.40. The number of halogens is 4. The second kappa shape index (κ2) is 7.50. The minimum absolute atomic E-state index is 0.0177. The summed E-state index contributed by atoms with van der Waals surface area (Å²) in [5.41, 5.74) is 4.06. The standard InChI is InChI=1S/C17H12F4N4O4S/c18-11-4-2-1-3-9(11)13-8(7-12(22)26)5-6-10(14(13)30(23,27)28)15-24-25-16(29-15)17(19,20)21/h1-6H,7H2,(H2,22,26)(H2,23,27,28). The lowest BCUT2D eigenvalue weighted by molar-refractivity contribution is -0.157. The Kier molecular flexibility index (Phi) is 5.34. The molecule has 3 rings (SSSR count). The number of hydrogen-bond donors (Lipinski definition) is 2. The zero-order valence-corrected chi connectivity index (χ0v) is 15.6. The van der Waals surface area contributed by atoms with Crippen LogP contribution in [-0.4, -0.2) is 24.5 Å². The van der Waals surface area contributed by atoms with E-state index in [9.17, 15) is 30.8 Å². The van der Waals surface area contributed by atoms with Crippen molar-refractivity contribution in [1.82, 2.24) is 10.2 Å². The van der Waals surface area contributed by atoms with Gasteiger partial charge in [0.1, 0.15) is 10.7 Å². The van der Waals surface area contributed by atoms with Crippen LogP contribution >= 0.6 is 0 Å². The van der Waals surface area contributed by atoms with E-state index >= 15 is 0 Å². The molecule has 30 heavy (non-hydrogen) atoms. The van der Waals surface area contributed by atoms with E-state index in [1.54, 1.807) is 0 Å². The van der Waals surface area contributed by atoms with Crippen molar-refractivity contribution in [3.8, 4) is 22.6 Å². The maximum absolute atomic E-state index is 14.5. The molecule has 0 aliphatic heterocycles. The van der Waals surface area contributed by atoms with Crippen molar-refractivity contribution in [2.75, 3.05) is 0 Å². The number of carbonyl (C=O) groups excluding carboxylic acids is 1. The largest absolute Gasteiger partial charge is 0.470 e. The van der Waals surface area contributed by atoms with Crippen molar-refractivity contribution in [3.63, 3.8) is 0 Å². The van der Waals surface area contributed by atoms with Gasteiger partial charge in [-0.1, -0.05) is 24.3 Å². The third kappa shape index (κ3) is 4.16. The van der Waals surface area contributed by atoms with Crippen LogP contribution in [0.3, 0.4) is 0 Å². The Morgan fingerprint density at radius 3 is 2.27 bits per heavy atom. The topological polar surface area (TPSA) is 142 Å². The van der Waals surface area contributed by atoms with E-state index in [-0.39, 0.29) is 16.7 Å². The van der Waals surface area contributed by atoms with Crippen LogP contribution in [0.4, 0.5) is 17.6 Å². The van der Waals surface area contributed by atoms with E-state index < -0.39 is 56.6 Å². The number of aromatic nitrogens is 2. The van der Waals surface area contributed by atoms with E-state index in [1.807, 2.05) is 0 Å². The first-order valence-corrected chi connectivity index (χ1v) is 9.57. The molecule has 158 valence electrons. The summed E-state index contributed by atoms with van der Waals surface area (Å²) in [6, 6.07) is 7.17. The molecule has 1 heterocycles. The van der Waals surface area contributed by atoms with Gasteiger partial charge in [-0.15, -0.1) is 10.2 Å². The molecule has 1 amide bonds. The molecule has 0 bridgehead atoms. The molecular weight excluding hydrogens is 432 g/mol. The van der Waals surface area contributed by atoms with Crippen molar-refractivity contribution >= 4 is 15.9 Å². The molecule has 13 heteroatoms. The Bertz CT molecular complexity index is 1240. The first kappa shape index (κ1) is 21.4. The Morgan fingerprint density at radius 2 is 1.73 bits per heavy atom. The lowest BCUT2D eigenvalue weighted by Crippen LogP contribution is -2.19. The van der Waals surface area contributed by atoms with Gasteiger partial charge in [-0.25, -0.2) is 17.9 Å². The van der Waals surface area contributed by atoms with E-state index in [0.29, 0.717) is 0 Å². The second-order valence-electron chi connectivity index (χ2n) is 6.05. The highest BCUT2D eigenvalue weighted by Gasteiger charge is 2.39. The predicted octanol–water partition coefficient (Wildman–Crippen LogP) is 2.24. The Balaban J connectivity index is 2.41. The maximum atomic E-state index is 14.5. The van der Waals surface area contributed by atoms with Crippen LogP contribution in [0, 0.1) is 5.82 Å². The maximum Gasteiger partial charge on any atom is 0.470 e. The molecule has 0 aliphatic rings. The number of primary amides is 1. The Hall–Kier alpha value is -3.32. The molecule has 0 unspecified atom stereocenters. The van der Waals surface area contributed by atoms with Gasteiger partial charge < -0.3 is 10.2 Å². The number of sulfonamides is 1. The molecule has 8 nitrogen and oxygen atoms in total. The van der Waals surface area contributed by atoms with E-state index in [2.05, 4.69) is 14.6 Å². The van der Waals surface area contributed by atoms with Crippen molar-refractivity contribution in [2.24, 2.45) is 10.9 Å². The summed E-state index contributed by atoms with van der Waals surface area (Å²) < 4.78 is 82.3. The highest BCUT2D eigenvalue weighted by atomic mass is 32.2. The van der Waals surface area contributed by atoms with E-state index in [4.69, 9.17) is 10.9 Å². The van der Waals surface area contributed by atoms with Crippen LogP contribution in [0.1, 0.15) is 11.5 Å². The molecule has 0 saturated carbocycles. The minimum atomic E-state index is -4.98. The fraction of sp³-hybridized carbons (Fsp3) is 0.118. The van der Waals surface area contributed by atoms with Gasteiger partial charge in [0.2, 0.25) is 21.8 Å². The van der Waals surface area contributed by atoms with Crippen LogP contribution in [0.5, 0.6) is 0 Å². The van der Waals surface area contributed by atoms with Gasteiger partial charge in [-0.3, -0.25) is 4.79 Å². The third-order valence-electron chi connectivity index (χ3n) is 3.93.